The summed E-state index contributed by atoms with van der Waals surface area (Å²) in [6.45, 7) is 4.58. The van der Waals surface area contributed by atoms with Crippen molar-refractivity contribution in [2.45, 2.75) is 245 Å². The lowest BCUT2D eigenvalue weighted by Gasteiger charge is -2.13. The smallest absolute Gasteiger partial charge is 0.317 e. The van der Waals surface area contributed by atoms with Crippen LogP contribution in [-0.2, 0) is 14.3 Å². The molecule has 0 aromatic heterocycles. The van der Waals surface area contributed by atoms with E-state index in [-0.39, 0.29) is 23.8 Å². The van der Waals surface area contributed by atoms with E-state index in [1.54, 1.807) is 0 Å². The van der Waals surface area contributed by atoms with Gasteiger partial charge in [0.2, 0.25) is 0 Å². The Morgan fingerprint density at radius 1 is 0.311 bits per heavy atom. The minimum Gasteiger partial charge on any atom is -0.393 e. The number of rotatable bonds is 36. The third kappa shape index (κ3) is 25.9. The SMILES string of the molecule is CCCCCCCCCCCCCCCCCCCC1C(=O)OC(=O)C1CCCCCCCCCCCCCCCCCCC. The molecule has 1 saturated heterocycles. The van der Waals surface area contributed by atoms with Crippen LogP contribution in [0.1, 0.15) is 245 Å². The van der Waals surface area contributed by atoms with Gasteiger partial charge in [-0.05, 0) is 12.8 Å². The van der Waals surface area contributed by atoms with E-state index in [2.05, 4.69) is 13.8 Å². The molecule has 0 aliphatic carbocycles. The minimum absolute atomic E-state index is 0.171. The summed E-state index contributed by atoms with van der Waals surface area (Å²) in [6.07, 6.45) is 48.0. The van der Waals surface area contributed by atoms with E-state index in [4.69, 9.17) is 4.74 Å². The third-order valence-corrected chi connectivity index (χ3v) is 10.5. The first kappa shape index (κ1) is 42.2. The lowest BCUT2D eigenvalue weighted by atomic mass is 9.86. The summed E-state index contributed by atoms with van der Waals surface area (Å²) < 4.78 is 5.08. The second-order valence-electron chi connectivity index (χ2n) is 14.8. The zero-order valence-electron chi connectivity index (χ0n) is 30.8. The van der Waals surface area contributed by atoms with Gasteiger partial charge in [-0.2, -0.15) is 0 Å². The number of esters is 2. The molecule has 0 spiro atoms. The summed E-state index contributed by atoms with van der Waals surface area (Å²) in [6, 6.07) is 0. The molecular weight excluding hydrogens is 552 g/mol. The van der Waals surface area contributed by atoms with E-state index in [1.807, 2.05) is 0 Å². The summed E-state index contributed by atoms with van der Waals surface area (Å²) in [5.41, 5.74) is 0. The highest BCUT2D eigenvalue weighted by atomic mass is 16.6. The first-order chi connectivity index (χ1) is 22.2. The maximum atomic E-state index is 12.3. The summed E-state index contributed by atoms with van der Waals surface area (Å²) in [4.78, 5) is 24.7. The van der Waals surface area contributed by atoms with Crippen LogP contribution in [0.5, 0.6) is 0 Å². The third-order valence-electron chi connectivity index (χ3n) is 10.5. The standard InChI is InChI=1S/C42H80O3/c1-3-5-7-9-11-13-15-17-19-21-23-25-27-29-31-33-35-37-39-40(42(44)45-41(39)43)38-36-34-32-30-28-26-24-22-20-18-16-14-12-10-8-6-4-2/h39-40H,3-38H2,1-2H3. The second kappa shape index (κ2) is 33.1. The monoisotopic (exact) mass is 633 g/mol. The topological polar surface area (TPSA) is 43.4 Å². The Labute approximate surface area is 282 Å². The molecule has 45 heavy (non-hydrogen) atoms. The van der Waals surface area contributed by atoms with Crippen molar-refractivity contribution in [2.24, 2.45) is 11.8 Å². The molecule has 0 saturated carbocycles. The Morgan fingerprint density at radius 3 is 0.689 bits per heavy atom. The largest absolute Gasteiger partial charge is 0.393 e. The minimum atomic E-state index is -0.242. The lowest BCUT2D eigenvalue weighted by molar-refractivity contribution is -0.153. The average molecular weight is 633 g/mol. The molecule has 1 aliphatic rings. The highest BCUT2D eigenvalue weighted by Gasteiger charge is 2.42. The van der Waals surface area contributed by atoms with Crippen LogP contribution in [0.4, 0.5) is 0 Å². The van der Waals surface area contributed by atoms with Gasteiger partial charge in [-0.25, -0.2) is 0 Å². The average Bonchev–Trinajstić information content (AvgIpc) is 3.31. The zero-order valence-corrected chi connectivity index (χ0v) is 30.8. The van der Waals surface area contributed by atoms with Crippen LogP contribution in [0.3, 0.4) is 0 Å². The molecule has 0 N–H and O–H groups in total. The highest BCUT2D eigenvalue weighted by Crippen LogP contribution is 2.32. The normalized spacial score (nSPS) is 16.6. The summed E-state index contributed by atoms with van der Waals surface area (Å²) >= 11 is 0. The van der Waals surface area contributed by atoms with Crippen molar-refractivity contribution in [3.8, 4) is 0 Å². The Hall–Kier alpha value is -0.860. The van der Waals surface area contributed by atoms with Crippen LogP contribution in [-0.4, -0.2) is 11.9 Å². The number of unbranched alkanes of at least 4 members (excludes halogenated alkanes) is 32. The lowest BCUT2D eigenvalue weighted by Crippen LogP contribution is -2.18. The van der Waals surface area contributed by atoms with E-state index in [0.29, 0.717) is 0 Å². The maximum absolute atomic E-state index is 12.3. The molecule has 1 fully saturated rings. The Morgan fingerprint density at radius 2 is 0.489 bits per heavy atom. The predicted octanol–water partition coefficient (Wildman–Crippen LogP) is 14.4. The van der Waals surface area contributed by atoms with E-state index >= 15 is 0 Å². The molecular formula is C42H80O3. The summed E-state index contributed by atoms with van der Waals surface area (Å²) in [5, 5.41) is 0. The Bertz CT molecular complexity index is 590. The van der Waals surface area contributed by atoms with Crippen molar-refractivity contribution in [3.63, 3.8) is 0 Å². The van der Waals surface area contributed by atoms with Gasteiger partial charge in [-0.15, -0.1) is 0 Å². The second-order valence-corrected chi connectivity index (χ2v) is 14.8. The van der Waals surface area contributed by atoms with Crippen LogP contribution in [0.15, 0.2) is 0 Å². The fourth-order valence-electron chi connectivity index (χ4n) is 7.40. The van der Waals surface area contributed by atoms with Gasteiger partial charge >= 0.3 is 11.9 Å². The predicted molar refractivity (Wildman–Crippen MR) is 196 cm³/mol. The zero-order chi connectivity index (χ0) is 32.5. The van der Waals surface area contributed by atoms with Crippen molar-refractivity contribution in [1.29, 1.82) is 0 Å². The van der Waals surface area contributed by atoms with Gasteiger partial charge < -0.3 is 4.74 Å². The molecule has 0 aromatic rings. The fraction of sp³-hybridized carbons (Fsp3) is 0.952. The molecule has 0 bridgehead atoms. The number of hydrogen-bond acceptors (Lipinski definition) is 3. The van der Waals surface area contributed by atoms with Crippen molar-refractivity contribution in [2.75, 3.05) is 0 Å². The van der Waals surface area contributed by atoms with Gasteiger partial charge in [0.1, 0.15) is 0 Å². The Balaban J connectivity index is 1.90. The van der Waals surface area contributed by atoms with Gasteiger partial charge in [0.25, 0.3) is 0 Å². The molecule has 3 nitrogen and oxygen atoms in total. The van der Waals surface area contributed by atoms with Gasteiger partial charge in [0.15, 0.2) is 0 Å². The molecule has 0 amide bonds. The quantitative estimate of drug-likeness (QED) is 0.0392. The van der Waals surface area contributed by atoms with E-state index < -0.39 is 0 Å². The maximum Gasteiger partial charge on any atom is 0.317 e. The molecule has 2 atom stereocenters. The van der Waals surface area contributed by atoms with Crippen molar-refractivity contribution in [1.82, 2.24) is 0 Å². The van der Waals surface area contributed by atoms with Crippen LogP contribution in [0.2, 0.25) is 0 Å². The molecule has 266 valence electrons. The first-order valence-electron chi connectivity index (χ1n) is 21.0. The van der Waals surface area contributed by atoms with Gasteiger partial charge in [-0.3, -0.25) is 9.59 Å². The number of carbonyl (C=O) groups excluding carboxylic acids is 2. The van der Waals surface area contributed by atoms with Crippen LogP contribution in [0, 0.1) is 11.8 Å². The number of carbonyl (C=O) groups is 2. The number of cyclic esters (lactones) is 2. The van der Waals surface area contributed by atoms with E-state index in [0.717, 1.165) is 25.7 Å². The summed E-state index contributed by atoms with van der Waals surface area (Å²) in [5.74, 6) is -0.827. The summed E-state index contributed by atoms with van der Waals surface area (Å²) in [7, 11) is 0. The Kier molecular flexibility index (Phi) is 31.0. The number of hydrogen-bond donors (Lipinski definition) is 0. The van der Waals surface area contributed by atoms with Crippen LogP contribution < -0.4 is 0 Å². The van der Waals surface area contributed by atoms with Crippen LogP contribution >= 0.6 is 0 Å². The molecule has 1 rings (SSSR count). The van der Waals surface area contributed by atoms with E-state index in [9.17, 15) is 9.59 Å². The van der Waals surface area contributed by atoms with Crippen molar-refractivity contribution >= 4 is 11.9 Å². The van der Waals surface area contributed by atoms with E-state index in [1.165, 1.54) is 205 Å². The molecule has 1 heterocycles. The molecule has 1 aliphatic heterocycles. The van der Waals surface area contributed by atoms with Gasteiger partial charge in [0, 0.05) is 0 Å². The number of ether oxygens (including phenoxy) is 1. The first-order valence-corrected chi connectivity index (χ1v) is 21.0. The van der Waals surface area contributed by atoms with Crippen molar-refractivity contribution in [3.05, 3.63) is 0 Å². The van der Waals surface area contributed by atoms with Crippen LogP contribution in [0.25, 0.3) is 0 Å². The molecule has 0 aromatic carbocycles. The highest BCUT2D eigenvalue weighted by molar-refractivity contribution is 5.96. The molecule has 0 radical (unpaired) electrons. The van der Waals surface area contributed by atoms with Gasteiger partial charge in [0.05, 0.1) is 11.8 Å². The van der Waals surface area contributed by atoms with Crippen molar-refractivity contribution < 1.29 is 14.3 Å². The fourth-order valence-corrected chi connectivity index (χ4v) is 7.40. The molecule has 2 unspecified atom stereocenters. The molecule has 3 heteroatoms. The van der Waals surface area contributed by atoms with Gasteiger partial charge in [-0.1, -0.05) is 232 Å².